The summed E-state index contributed by atoms with van der Waals surface area (Å²) in [6.45, 7) is 32.9. The first-order valence-electron chi connectivity index (χ1n) is 32.5. The Hall–Kier alpha value is -5.08. The molecule has 18 nitrogen and oxygen atoms in total. The Morgan fingerprint density at radius 1 is 0.515 bits per heavy atom. The highest BCUT2D eigenvalue weighted by Crippen LogP contribution is 2.27. The summed E-state index contributed by atoms with van der Waals surface area (Å²) >= 11 is 18.4. The number of epoxide rings is 1. The fourth-order valence-corrected chi connectivity index (χ4v) is 11.0. The molecule has 1 fully saturated rings. The van der Waals surface area contributed by atoms with E-state index < -0.39 is 17.9 Å². The van der Waals surface area contributed by atoms with Gasteiger partial charge in [-0.15, -0.1) is 47.0 Å². The van der Waals surface area contributed by atoms with Gasteiger partial charge in [-0.25, -0.2) is 14.4 Å². The average molecular weight is 1470 g/mol. The molecule has 1 aliphatic heterocycles. The van der Waals surface area contributed by atoms with Crippen LogP contribution in [0.1, 0.15) is 114 Å². The van der Waals surface area contributed by atoms with Crippen molar-refractivity contribution in [2.24, 2.45) is 0 Å². The van der Waals surface area contributed by atoms with E-state index in [0.717, 1.165) is 39.5 Å². The first kappa shape index (κ1) is 88.0. The van der Waals surface area contributed by atoms with E-state index in [1.165, 1.54) is 4.91 Å². The molecule has 0 bridgehead atoms. The molecular formula is C73H102Cl2O18S4. The molecule has 0 aromatic heterocycles. The zero-order valence-corrected chi connectivity index (χ0v) is 62.8. The van der Waals surface area contributed by atoms with Gasteiger partial charge in [0.1, 0.15) is 24.4 Å². The topological polar surface area (TPSA) is 216 Å². The zero-order valence-electron chi connectivity index (χ0n) is 58.0. The van der Waals surface area contributed by atoms with Crippen LogP contribution in [0.15, 0.2) is 154 Å². The highest BCUT2D eigenvalue weighted by molar-refractivity contribution is 8.03. The second-order valence-corrected chi connectivity index (χ2v) is 28.2. The SMILES string of the molecule is C=C(C)C(=O)OCCCC(=O)OC(COC(C)C)CSc1ccc(Cl)cc1.C=C(C)C(=O)OCCCC(=O)OC(COC(C)C)CSc1ccccc1.C=CC(=O)OCCCC(=O)OC(COC(C)C)CSc1ccc(Cl)cc1.CC(C)OCC(CSC1=CCC=C1)OCC1CO1. The number of carbonyl (C=O) groups excluding carboxylic acids is 6. The molecule has 97 heavy (non-hydrogen) atoms. The minimum Gasteiger partial charge on any atom is -0.463 e. The summed E-state index contributed by atoms with van der Waals surface area (Å²) in [4.78, 5) is 74.2. The Bertz CT molecular complexity index is 2810. The maximum absolute atomic E-state index is 12.1. The number of thioether (sulfide) groups is 4. The standard InChI is InChI=1S/C20H27ClO5S.C20H28O5S.C19H25ClO5S.C14H22O3S/c1-14(2)20(23)24-11-5-6-19(22)26-17(12-25-15(3)4)13-27-18-9-7-16(21)8-10-18;1-15(2)20(22)23-12-8-11-19(21)25-17(13-24-16(3)4)14-26-18-9-6-5-7-10-18;1-4-18(21)23-11-5-6-19(22)25-16(12-24-14(2)3)13-26-17-9-7-15(20)8-10-17;1-11(2)15-9-13(17-8-12-7-16-12)10-18-14-5-3-4-6-14/h7-10,15,17H,1,5-6,11-13H2,2-4H3;5-7,9-10,16-17H,1,8,11-14H2,2-4H3;4,7-10,14,16H,1,5-6,11-13H2,2-3H3;3,5-6,11-13H,4,7-10H2,1-2H3. The molecule has 2 aliphatic rings. The van der Waals surface area contributed by atoms with Crippen LogP contribution in [0.4, 0.5) is 0 Å². The molecule has 3 aromatic carbocycles. The lowest BCUT2D eigenvalue weighted by molar-refractivity contribution is -0.153. The molecule has 0 saturated carbocycles. The number of hydrogen-bond acceptors (Lipinski definition) is 22. The van der Waals surface area contributed by atoms with Crippen molar-refractivity contribution in [3.63, 3.8) is 0 Å². The second kappa shape index (κ2) is 53.8. The van der Waals surface area contributed by atoms with Crippen molar-refractivity contribution < 1.29 is 85.6 Å². The normalized spacial score (nSPS) is 14.0. The number of allylic oxidation sites excluding steroid dienone is 3. The van der Waals surface area contributed by atoms with Crippen molar-refractivity contribution in [3.05, 3.63) is 149 Å². The fourth-order valence-electron chi connectivity index (χ4n) is 7.17. The van der Waals surface area contributed by atoms with Crippen molar-refractivity contribution in [3.8, 4) is 0 Å². The number of hydrogen-bond donors (Lipinski definition) is 0. The maximum atomic E-state index is 12.1. The number of carbonyl (C=O) groups is 6. The predicted molar refractivity (Wildman–Crippen MR) is 390 cm³/mol. The molecule has 0 spiro atoms. The number of ether oxygens (including phenoxy) is 12. The smallest absolute Gasteiger partial charge is 0.333 e. The first-order valence-corrected chi connectivity index (χ1v) is 37.2. The molecule has 0 amide bonds. The molecule has 1 heterocycles. The van der Waals surface area contributed by atoms with Gasteiger partial charge in [-0.2, -0.15) is 0 Å². The Labute approximate surface area is 603 Å². The summed E-state index contributed by atoms with van der Waals surface area (Å²) in [5.74, 6) is 0.318. The fraction of sp³-hybridized carbons (Fsp3) is 0.534. The molecule has 3 aromatic rings. The van der Waals surface area contributed by atoms with Gasteiger partial charge in [0.25, 0.3) is 0 Å². The van der Waals surface area contributed by atoms with E-state index in [4.69, 9.17) is 80.0 Å². The van der Waals surface area contributed by atoms with Crippen LogP contribution < -0.4 is 0 Å². The van der Waals surface area contributed by atoms with Crippen molar-refractivity contribution in [1.29, 1.82) is 0 Å². The molecule has 5 unspecified atom stereocenters. The van der Waals surface area contributed by atoms with Crippen molar-refractivity contribution in [1.82, 2.24) is 0 Å². The van der Waals surface area contributed by atoms with Crippen LogP contribution in [0, 0.1) is 0 Å². The molecule has 5 rings (SSSR count). The summed E-state index contributed by atoms with van der Waals surface area (Å²) in [7, 11) is 0. The van der Waals surface area contributed by atoms with Gasteiger partial charge < -0.3 is 56.8 Å². The van der Waals surface area contributed by atoms with Gasteiger partial charge in [-0.05, 0) is 156 Å². The lowest BCUT2D eigenvalue weighted by atomic mass is 10.3. The Balaban J connectivity index is 0.000000444. The van der Waals surface area contributed by atoms with Gasteiger partial charge >= 0.3 is 35.8 Å². The lowest BCUT2D eigenvalue weighted by Gasteiger charge is -2.19. The number of halogens is 2. The van der Waals surface area contributed by atoms with E-state index in [-0.39, 0.29) is 106 Å². The summed E-state index contributed by atoms with van der Waals surface area (Å²) in [5.41, 5.74) is 0.680. The van der Waals surface area contributed by atoms with Crippen LogP contribution in [0.5, 0.6) is 0 Å². The third-order valence-electron chi connectivity index (χ3n) is 12.3. The van der Waals surface area contributed by atoms with Crippen molar-refractivity contribution in [2.45, 2.75) is 184 Å². The molecule has 0 radical (unpaired) electrons. The van der Waals surface area contributed by atoms with E-state index in [1.54, 1.807) is 49.1 Å². The second-order valence-electron chi connectivity index (χ2n) is 23.0. The van der Waals surface area contributed by atoms with Crippen LogP contribution in [0.25, 0.3) is 0 Å². The first-order chi connectivity index (χ1) is 46.3. The van der Waals surface area contributed by atoms with Crippen LogP contribution in [-0.2, 0) is 85.6 Å². The van der Waals surface area contributed by atoms with E-state index in [1.807, 2.05) is 132 Å². The van der Waals surface area contributed by atoms with E-state index in [0.29, 0.717) is 96.9 Å². The Morgan fingerprint density at radius 3 is 1.22 bits per heavy atom. The lowest BCUT2D eigenvalue weighted by Crippen LogP contribution is -2.27. The van der Waals surface area contributed by atoms with E-state index >= 15 is 0 Å². The molecule has 5 atom stereocenters. The molecule has 540 valence electrons. The highest BCUT2D eigenvalue weighted by atomic mass is 35.5. The van der Waals surface area contributed by atoms with Gasteiger partial charge in [0.05, 0.1) is 90.0 Å². The van der Waals surface area contributed by atoms with Gasteiger partial charge in [-0.1, -0.05) is 79.4 Å². The van der Waals surface area contributed by atoms with Gasteiger partial charge in [0, 0.05) is 89.1 Å². The molecule has 1 aliphatic carbocycles. The minimum absolute atomic E-state index is 0.0493. The van der Waals surface area contributed by atoms with Crippen LogP contribution in [0.2, 0.25) is 10.0 Å². The van der Waals surface area contributed by atoms with Crippen molar-refractivity contribution >= 4 is 106 Å². The monoisotopic (exact) mass is 1460 g/mol. The average Bonchev–Trinajstić information content (AvgIpc) is 1.98. The zero-order chi connectivity index (χ0) is 71.8. The summed E-state index contributed by atoms with van der Waals surface area (Å²) in [6, 6.07) is 24.9. The maximum Gasteiger partial charge on any atom is 0.333 e. The van der Waals surface area contributed by atoms with Crippen molar-refractivity contribution in [2.75, 3.05) is 82.5 Å². The number of benzene rings is 3. The predicted octanol–water partition coefficient (Wildman–Crippen LogP) is 15.7. The molecule has 24 heteroatoms. The Kier molecular flexibility index (Phi) is 48.8. The van der Waals surface area contributed by atoms with Crippen LogP contribution in [0.3, 0.4) is 0 Å². The number of rotatable bonds is 45. The van der Waals surface area contributed by atoms with E-state index in [2.05, 4.69) is 51.8 Å². The largest absolute Gasteiger partial charge is 0.463 e. The third-order valence-corrected chi connectivity index (χ3v) is 17.4. The van der Waals surface area contributed by atoms with Crippen LogP contribution >= 0.6 is 70.2 Å². The Morgan fingerprint density at radius 2 is 0.876 bits per heavy atom. The molecular weight excluding hydrogens is 1360 g/mol. The summed E-state index contributed by atoms with van der Waals surface area (Å²) < 4.78 is 64.8. The summed E-state index contributed by atoms with van der Waals surface area (Å²) in [5, 5.41) is 1.36. The summed E-state index contributed by atoms with van der Waals surface area (Å²) in [6.07, 6.45) is 10.4. The van der Waals surface area contributed by atoms with Gasteiger partial charge in [0.2, 0.25) is 0 Å². The molecule has 1 saturated heterocycles. The minimum atomic E-state index is -0.499. The number of esters is 6. The molecule has 0 N–H and O–H groups in total. The van der Waals surface area contributed by atoms with Gasteiger partial charge in [0.15, 0.2) is 0 Å². The van der Waals surface area contributed by atoms with E-state index in [9.17, 15) is 28.8 Å². The quantitative estimate of drug-likeness (QED) is 0.0128. The highest BCUT2D eigenvalue weighted by Gasteiger charge is 2.25. The van der Waals surface area contributed by atoms with Gasteiger partial charge in [-0.3, -0.25) is 14.4 Å². The third kappa shape index (κ3) is 49.2. The van der Waals surface area contributed by atoms with Crippen LogP contribution in [-0.4, -0.2) is 173 Å².